The number of phenols is 1. The zero-order valence-electron chi connectivity index (χ0n) is 28.9. The Morgan fingerprint density at radius 3 is 2.02 bits per heavy atom. The number of para-hydroxylation sites is 1. The third-order valence-electron chi connectivity index (χ3n) is 8.98. The number of pyridine rings is 2. The second kappa shape index (κ2) is 13.0. The van der Waals surface area contributed by atoms with E-state index in [9.17, 15) is 5.11 Å². The van der Waals surface area contributed by atoms with Crippen molar-refractivity contribution < 1.29 is 5.11 Å². The van der Waals surface area contributed by atoms with Crippen LogP contribution in [0.25, 0.3) is 43.7 Å². The lowest BCUT2D eigenvalue weighted by atomic mass is 9.79. The molecule has 0 fully saturated rings. The smallest absolute Gasteiger partial charge is 0.124 e. The number of benzene rings is 4. The number of fused-ring (bicyclic) bond motifs is 1. The minimum absolute atomic E-state index is 0.0191. The Bertz CT molecular complexity index is 2250. The second-order valence-electron chi connectivity index (χ2n) is 14.6. The third kappa shape index (κ3) is 6.81. The highest BCUT2D eigenvalue weighted by Gasteiger charge is 2.24. The van der Waals surface area contributed by atoms with Gasteiger partial charge < -0.3 is 5.11 Å². The number of rotatable bonds is 6. The Hall–Kier alpha value is -4.63. The molecule has 0 aliphatic carbocycles. The van der Waals surface area contributed by atoms with E-state index in [1.807, 2.05) is 30.5 Å². The fourth-order valence-electron chi connectivity index (χ4n) is 6.17. The first-order valence-corrected chi connectivity index (χ1v) is 18.9. The topological polar surface area (TPSA) is 46.0 Å². The highest BCUT2D eigenvalue weighted by molar-refractivity contribution is 7.80. The Morgan fingerprint density at radius 2 is 1.31 bits per heavy atom. The normalized spacial score (nSPS) is 12.7. The summed E-state index contributed by atoms with van der Waals surface area (Å²) in [6.45, 7) is 13.6. The van der Waals surface area contributed by atoms with Crippen LogP contribution in [0.5, 0.6) is 5.75 Å². The first-order chi connectivity index (χ1) is 23.5. The Balaban J connectivity index is 1.44. The Morgan fingerprint density at radius 1 is 0.612 bits per heavy atom. The maximum absolute atomic E-state index is 11.0. The first kappa shape index (κ1) is 32.9. The zero-order valence-corrected chi connectivity index (χ0v) is 30.6. The van der Waals surface area contributed by atoms with Gasteiger partial charge in [-0.1, -0.05) is 114 Å². The van der Waals surface area contributed by atoms with Gasteiger partial charge in [0.25, 0.3) is 0 Å². The number of aromatic hydroxyl groups is 1. The molecule has 3 nitrogen and oxygen atoms in total. The molecule has 0 radical (unpaired) electrons. The molecule has 49 heavy (non-hydrogen) atoms. The molecule has 0 aliphatic rings. The average Bonchev–Trinajstić information content (AvgIpc) is 3.58. The Labute approximate surface area is 295 Å². The van der Waals surface area contributed by atoms with Crippen LogP contribution >= 0.6 is 19.3 Å². The molecule has 0 spiro atoms. The summed E-state index contributed by atoms with van der Waals surface area (Å²) < 4.78 is 1.31. The monoisotopic (exact) mass is 676 g/mol. The standard InChI is InChI=1S/C44H41N2OPS/c1-43(2,3)33-23-31(24-34(28-33)44(4,5)6)32-26-37(46-38(27-32)36-16-7-8-17-39(36)47)30-14-11-15-35(25-30)48(41-19-9-10-21-45-41)40-18-12-13-29-20-22-49-42(29)40/h7-28,47H,1-6H3. The van der Waals surface area contributed by atoms with Gasteiger partial charge in [0.2, 0.25) is 0 Å². The zero-order chi connectivity index (χ0) is 34.3. The van der Waals surface area contributed by atoms with Gasteiger partial charge in [0.15, 0.2) is 0 Å². The van der Waals surface area contributed by atoms with Crippen molar-refractivity contribution in [2.45, 2.75) is 52.4 Å². The van der Waals surface area contributed by atoms with E-state index in [0.29, 0.717) is 5.56 Å². The lowest BCUT2D eigenvalue weighted by molar-refractivity contribution is 0.477. The van der Waals surface area contributed by atoms with Gasteiger partial charge in [-0.05, 0) is 97.7 Å². The van der Waals surface area contributed by atoms with Crippen LogP contribution in [0, 0.1) is 0 Å². The molecule has 0 saturated carbocycles. The fourth-order valence-corrected chi connectivity index (χ4v) is 9.69. The van der Waals surface area contributed by atoms with Crippen molar-refractivity contribution in [3.05, 3.63) is 144 Å². The fraction of sp³-hybridized carbons (Fsp3) is 0.182. The predicted octanol–water partition coefficient (Wildman–Crippen LogP) is 10.8. The van der Waals surface area contributed by atoms with Gasteiger partial charge in [0, 0.05) is 35.2 Å². The highest BCUT2D eigenvalue weighted by Crippen LogP contribution is 2.40. The summed E-state index contributed by atoms with van der Waals surface area (Å²) in [5.74, 6) is 0.216. The van der Waals surface area contributed by atoms with Gasteiger partial charge in [-0.3, -0.25) is 4.98 Å². The maximum atomic E-state index is 11.0. The van der Waals surface area contributed by atoms with Crippen molar-refractivity contribution in [3.8, 4) is 39.4 Å². The number of nitrogens with zero attached hydrogens (tertiary/aromatic N) is 2. The molecule has 1 unspecified atom stereocenters. The Kier molecular flexibility index (Phi) is 8.73. The van der Waals surface area contributed by atoms with Crippen molar-refractivity contribution >= 4 is 45.4 Å². The van der Waals surface area contributed by atoms with Gasteiger partial charge in [-0.15, -0.1) is 11.3 Å². The third-order valence-corrected chi connectivity index (χ3v) is 12.5. The van der Waals surface area contributed by atoms with Crippen molar-refractivity contribution in [3.63, 3.8) is 0 Å². The first-order valence-electron chi connectivity index (χ1n) is 16.7. The summed E-state index contributed by atoms with van der Waals surface area (Å²) in [4.78, 5) is 10.1. The van der Waals surface area contributed by atoms with Crippen LogP contribution in [0.3, 0.4) is 0 Å². The average molecular weight is 677 g/mol. The number of hydrogen-bond donors (Lipinski definition) is 1. The lowest BCUT2D eigenvalue weighted by Crippen LogP contribution is -2.23. The molecule has 0 amide bonds. The molecule has 7 aromatic rings. The van der Waals surface area contributed by atoms with E-state index in [0.717, 1.165) is 33.5 Å². The van der Waals surface area contributed by atoms with E-state index >= 15 is 0 Å². The molecule has 4 aromatic carbocycles. The number of aromatic nitrogens is 2. The van der Waals surface area contributed by atoms with Gasteiger partial charge >= 0.3 is 0 Å². The van der Waals surface area contributed by atoms with Gasteiger partial charge in [0.05, 0.1) is 16.8 Å². The molecule has 1 atom stereocenters. The predicted molar refractivity (Wildman–Crippen MR) is 211 cm³/mol. The summed E-state index contributed by atoms with van der Waals surface area (Å²) in [5, 5.41) is 16.9. The van der Waals surface area contributed by atoms with Crippen molar-refractivity contribution in [2.75, 3.05) is 0 Å². The number of phenolic OH excluding ortho intramolecular Hbond substituents is 1. The van der Waals surface area contributed by atoms with Crippen molar-refractivity contribution in [1.29, 1.82) is 0 Å². The summed E-state index contributed by atoms with van der Waals surface area (Å²) in [7, 11) is -0.938. The second-order valence-corrected chi connectivity index (χ2v) is 17.7. The lowest BCUT2D eigenvalue weighted by Gasteiger charge is -2.26. The highest BCUT2D eigenvalue weighted by atomic mass is 32.1. The minimum Gasteiger partial charge on any atom is -0.507 e. The van der Waals surface area contributed by atoms with Crippen LogP contribution in [-0.4, -0.2) is 15.1 Å². The van der Waals surface area contributed by atoms with Gasteiger partial charge in [-0.25, -0.2) is 4.98 Å². The van der Waals surface area contributed by atoms with Crippen LogP contribution in [0.2, 0.25) is 0 Å². The van der Waals surface area contributed by atoms with E-state index in [4.69, 9.17) is 9.97 Å². The maximum Gasteiger partial charge on any atom is 0.124 e. The summed E-state index contributed by atoms with van der Waals surface area (Å²) in [6.07, 6.45) is 1.89. The van der Waals surface area contributed by atoms with E-state index < -0.39 is 7.92 Å². The van der Waals surface area contributed by atoms with Gasteiger partial charge in [0.1, 0.15) is 5.75 Å². The molecule has 0 aliphatic heterocycles. The van der Waals surface area contributed by atoms with E-state index in [1.54, 1.807) is 17.4 Å². The molecule has 3 heterocycles. The summed E-state index contributed by atoms with van der Waals surface area (Å²) in [5.41, 5.74) is 9.18. The van der Waals surface area contributed by atoms with Crippen molar-refractivity contribution in [2.24, 2.45) is 0 Å². The molecular formula is C44H41N2OPS. The largest absolute Gasteiger partial charge is 0.507 e. The van der Waals surface area contributed by atoms with Crippen LogP contribution in [0.1, 0.15) is 52.7 Å². The SMILES string of the molecule is CC(C)(C)c1cc(-c2cc(-c3cccc(P(c4ccccn4)c4cccc5ccsc45)c3)nc(-c3ccccc3O)c2)cc(C(C)(C)C)c1. The summed E-state index contributed by atoms with van der Waals surface area (Å²) in [6, 6.07) is 42.6. The van der Waals surface area contributed by atoms with Crippen LogP contribution < -0.4 is 16.0 Å². The quantitative estimate of drug-likeness (QED) is 0.178. The minimum atomic E-state index is -0.938. The molecule has 7 rings (SSSR count). The summed E-state index contributed by atoms with van der Waals surface area (Å²) >= 11 is 1.79. The molecule has 3 aromatic heterocycles. The number of thiophene rings is 1. The molecule has 0 saturated heterocycles. The molecule has 5 heteroatoms. The molecule has 244 valence electrons. The van der Waals surface area contributed by atoms with E-state index in [2.05, 4.69) is 138 Å². The van der Waals surface area contributed by atoms with Crippen LogP contribution in [0.15, 0.2) is 133 Å². The number of hydrogen-bond acceptors (Lipinski definition) is 4. The van der Waals surface area contributed by atoms with Gasteiger partial charge in [-0.2, -0.15) is 0 Å². The van der Waals surface area contributed by atoms with E-state index in [-0.39, 0.29) is 16.6 Å². The molecule has 1 N–H and O–H groups in total. The van der Waals surface area contributed by atoms with Crippen LogP contribution in [-0.2, 0) is 10.8 Å². The molecular weight excluding hydrogens is 636 g/mol. The van der Waals surface area contributed by atoms with E-state index in [1.165, 1.54) is 31.8 Å². The molecule has 0 bridgehead atoms. The van der Waals surface area contributed by atoms with Crippen molar-refractivity contribution in [1.82, 2.24) is 9.97 Å². The van der Waals surface area contributed by atoms with Crippen LogP contribution in [0.4, 0.5) is 0 Å².